The number of nitrogens with zero attached hydrogens (tertiary/aromatic N) is 1. The van der Waals surface area contributed by atoms with Gasteiger partial charge in [-0.3, -0.25) is 9.69 Å². The van der Waals surface area contributed by atoms with Crippen molar-refractivity contribution in [2.75, 3.05) is 13.7 Å². The maximum Gasteiger partial charge on any atom is 0.306 e. The number of methoxy groups -OCH3 is 1. The summed E-state index contributed by atoms with van der Waals surface area (Å²) in [7, 11) is 1.62. The molecular weight excluding hydrogens is 650 g/mol. The minimum atomic E-state index is -1.31. The van der Waals surface area contributed by atoms with E-state index < -0.39 is 5.79 Å². The Morgan fingerprint density at radius 2 is 1.00 bits per heavy atom. The molecule has 1 heterocycles. The predicted octanol–water partition coefficient (Wildman–Crippen LogP) is 9.64. The Hall–Kier alpha value is -0.730. The van der Waals surface area contributed by atoms with Gasteiger partial charge in [-0.05, 0) is 123 Å². The maximum absolute atomic E-state index is 13.4. The van der Waals surface area contributed by atoms with Crippen LogP contribution in [0.1, 0.15) is 175 Å². The molecule has 7 heteroatoms. The first-order chi connectivity index (χ1) is 23.3. The molecule has 5 atom stereocenters. The Balaban J connectivity index is 1.64. The van der Waals surface area contributed by atoms with Crippen molar-refractivity contribution in [1.29, 1.82) is 0 Å². The van der Waals surface area contributed by atoms with Crippen molar-refractivity contribution in [3.05, 3.63) is 0 Å². The van der Waals surface area contributed by atoms with Crippen molar-refractivity contribution in [2.45, 2.75) is 210 Å². The predicted molar refractivity (Wildman–Crippen MR) is 214 cm³/mol. The number of hydrogen-bond donors (Lipinski definition) is 3. The van der Waals surface area contributed by atoms with E-state index in [-0.39, 0.29) is 80.7 Å². The minimum Gasteiger partial charge on any atom is -0.462 e. The van der Waals surface area contributed by atoms with E-state index in [1.807, 2.05) is 0 Å². The maximum atomic E-state index is 13.4. The van der Waals surface area contributed by atoms with Gasteiger partial charge in [0.2, 0.25) is 0 Å². The quantitative estimate of drug-likeness (QED) is 0.152. The van der Waals surface area contributed by atoms with Crippen LogP contribution >= 0.6 is 0 Å². The van der Waals surface area contributed by atoms with E-state index in [4.69, 9.17) is 9.47 Å². The number of hydrogen-bond acceptors (Lipinski definition) is 7. The average molecular weight is 736 g/mol. The van der Waals surface area contributed by atoms with Gasteiger partial charge in [-0.2, -0.15) is 0 Å². The van der Waals surface area contributed by atoms with Gasteiger partial charge in [0.25, 0.3) is 0 Å². The molecule has 0 aromatic heterocycles. The molecule has 3 fully saturated rings. The summed E-state index contributed by atoms with van der Waals surface area (Å²) in [5.41, 5.74) is -0.640. The number of carbonyl (C=O) groups is 1. The van der Waals surface area contributed by atoms with Crippen molar-refractivity contribution in [3.8, 4) is 0 Å². The molecule has 2 aliphatic carbocycles. The van der Waals surface area contributed by atoms with Crippen LogP contribution in [-0.4, -0.2) is 75.0 Å². The topological polar surface area (TPSA) is 99.5 Å². The highest BCUT2D eigenvalue weighted by Crippen LogP contribution is 2.51. The van der Waals surface area contributed by atoms with Gasteiger partial charge < -0.3 is 24.8 Å². The van der Waals surface area contributed by atoms with Crippen molar-refractivity contribution >= 4 is 5.97 Å². The smallest absolute Gasteiger partial charge is 0.306 e. The number of piperidine rings is 1. The number of β-amino-alcohol motifs (C(OH)–C–C–N with tert-alkyl or cyclic N) is 1. The van der Waals surface area contributed by atoms with E-state index in [1.54, 1.807) is 7.11 Å². The summed E-state index contributed by atoms with van der Waals surface area (Å²) < 4.78 is 12.2. The molecule has 5 unspecified atom stereocenters. The molecule has 2 saturated carbocycles. The summed E-state index contributed by atoms with van der Waals surface area (Å²) in [6.45, 7) is 36.0. The first-order valence-electron chi connectivity index (χ1n) is 20.9. The van der Waals surface area contributed by atoms with E-state index in [1.165, 1.54) is 0 Å². The molecule has 0 bridgehead atoms. The number of likely N-dealkylation sites (tertiary alicyclic amines) is 1. The van der Waals surface area contributed by atoms with Crippen molar-refractivity contribution in [1.82, 2.24) is 4.90 Å². The lowest BCUT2D eigenvalue weighted by atomic mass is 9.58. The molecule has 3 aliphatic rings. The molecule has 0 aromatic rings. The fourth-order valence-electron chi connectivity index (χ4n) is 10.9. The lowest BCUT2D eigenvalue weighted by Gasteiger charge is -2.56. The second-order valence-corrected chi connectivity index (χ2v) is 23.5. The first-order valence-corrected chi connectivity index (χ1v) is 20.9. The average Bonchev–Trinajstić information content (AvgIpc) is 2.95. The van der Waals surface area contributed by atoms with Gasteiger partial charge in [0.1, 0.15) is 6.10 Å². The fourth-order valence-corrected chi connectivity index (χ4v) is 10.9. The summed E-state index contributed by atoms with van der Waals surface area (Å²) in [4.78, 5) is 15.8. The molecule has 52 heavy (non-hydrogen) atoms. The van der Waals surface area contributed by atoms with Crippen LogP contribution in [-0.2, 0) is 14.3 Å². The lowest BCUT2D eigenvalue weighted by Crippen LogP contribution is -2.65. The van der Waals surface area contributed by atoms with E-state index in [0.717, 1.165) is 38.5 Å². The van der Waals surface area contributed by atoms with Gasteiger partial charge in [0.05, 0.1) is 18.8 Å². The number of ether oxygens (including phenoxy) is 2. The van der Waals surface area contributed by atoms with E-state index in [2.05, 4.69) is 116 Å². The third kappa shape index (κ3) is 11.4. The Labute approximate surface area is 320 Å². The second kappa shape index (κ2) is 16.0. The van der Waals surface area contributed by atoms with Crippen molar-refractivity contribution in [3.63, 3.8) is 0 Å². The molecule has 3 rings (SSSR count). The highest BCUT2D eigenvalue weighted by atomic mass is 16.6. The summed E-state index contributed by atoms with van der Waals surface area (Å²) in [6, 6.07) is 0. The molecule has 7 nitrogen and oxygen atoms in total. The standard InChI is InChI=1S/C45H85NO6/c1-39(2,3)32-22-29(23-33(37(32)48)40(4,5)6)18-19-36(47)52-31-26-43(13,14)46(44(15,16)27-31)28-45(50,51-17)21-20-30-24-34(41(7,8)9)38(49)35(25-30)42(10,11)12/h29-35,37-38,48-50H,18-28H2,1-17H3. The van der Waals surface area contributed by atoms with Crippen LogP contribution < -0.4 is 0 Å². The fraction of sp³-hybridized carbons (Fsp3) is 0.978. The Kier molecular flexibility index (Phi) is 14.1. The van der Waals surface area contributed by atoms with Gasteiger partial charge in [-0.25, -0.2) is 0 Å². The van der Waals surface area contributed by atoms with Gasteiger partial charge in [0, 0.05) is 43.9 Å². The lowest BCUT2D eigenvalue weighted by molar-refractivity contribution is -0.231. The molecule has 0 spiro atoms. The molecule has 0 aromatic carbocycles. The van der Waals surface area contributed by atoms with Gasteiger partial charge in [0.15, 0.2) is 5.79 Å². The monoisotopic (exact) mass is 736 g/mol. The molecule has 0 radical (unpaired) electrons. The van der Waals surface area contributed by atoms with Crippen molar-refractivity contribution < 1.29 is 29.6 Å². The van der Waals surface area contributed by atoms with Gasteiger partial charge in [-0.1, -0.05) is 83.1 Å². The number of esters is 1. The number of carbonyl (C=O) groups excluding carboxylic acids is 1. The molecule has 1 saturated heterocycles. The third-order valence-electron chi connectivity index (χ3n) is 14.1. The number of aliphatic hydroxyl groups excluding tert-OH is 2. The zero-order valence-corrected chi connectivity index (χ0v) is 37.0. The van der Waals surface area contributed by atoms with E-state index in [0.29, 0.717) is 44.1 Å². The summed E-state index contributed by atoms with van der Waals surface area (Å²) in [6.07, 6.45) is 6.94. The van der Waals surface area contributed by atoms with E-state index in [9.17, 15) is 20.1 Å². The highest BCUT2D eigenvalue weighted by molar-refractivity contribution is 5.69. The number of rotatable bonds is 10. The normalized spacial score (nSPS) is 33.8. The summed E-state index contributed by atoms with van der Waals surface area (Å²) in [5, 5.41) is 34.8. The minimum absolute atomic E-state index is 0.00503. The van der Waals surface area contributed by atoms with Crippen LogP contribution in [0.25, 0.3) is 0 Å². The van der Waals surface area contributed by atoms with Crippen LogP contribution in [0.2, 0.25) is 0 Å². The Morgan fingerprint density at radius 3 is 1.33 bits per heavy atom. The van der Waals surface area contributed by atoms with Crippen LogP contribution in [0, 0.1) is 57.2 Å². The molecular formula is C45H85NO6. The molecule has 0 amide bonds. The van der Waals surface area contributed by atoms with Gasteiger partial charge in [-0.15, -0.1) is 0 Å². The van der Waals surface area contributed by atoms with Crippen LogP contribution in [0.3, 0.4) is 0 Å². The summed E-state index contributed by atoms with van der Waals surface area (Å²) in [5.74, 6) is 0.198. The van der Waals surface area contributed by atoms with Crippen LogP contribution in [0.4, 0.5) is 0 Å². The number of aliphatic hydroxyl groups is 3. The van der Waals surface area contributed by atoms with E-state index >= 15 is 0 Å². The Bertz CT molecular complexity index is 1100. The van der Waals surface area contributed by atoms with Crippen LogP contribution in [0.5, 0.6) is 0 Å². The van der Waals surface area contributed by atoms with Crippen molar-refractivity contribution in [2.24, 2.45) is 57.2 Å². The SMILES string of the molecule is COC(O)(CCC1CC(C(C)(C)C)C(O)C(C(C)(C)C)C1)CN1C(C)(C)CC(OC(=O)CCC2CC(C(C)(C)C)C(O)C(C(C)(C)C)C2)CC1(C)C. The largest absolute Gasteiger partial charge is 0.462 e. The molecule has 3 N–H and O–H groups in total. The molecule has 306 valence electrons. The highest BCUT2D eigenvalue weighted by Gasteiger charge is 2.51. The van der Waals surface area contributed by atoms with Crippen LogP contribution in [0.15, 0.2) is 0 Å². The van der Waals surface area contributed by atoms with Gasteiger partial charge >= 0.3 is 5.97 Å². The zero-order valence-electron chi connectivity index (χ0n) is 37.0. The Morgan fingerprint density at radius 1 is 0.654 bits per heavy atom. The second-order valence-electron chi connectivity index (χ2n) is 23.5. The third-order valence-corrected chi connectivity index (χ3v) is 14.1. The molecule has 1 aliphatic heterocycles. The first kappa shape index (κ1) is 45.7. The summed E-state index contributed by atoms with van der Waals surface area (Å²) >= 11 is 0. The zero-order chi connectivity index (χ0) is 40.0.